The summed E-state index contributed by atoms with van der Waals surface area (Å²) in [6.07, 6.45) is 7.62. The zero-order chi connectivity index (χ0) is 29.9. The largest absolute Gasteiger partial charge is 0.456 e. The molecule has 0 radical (unpaired) electrons. The highest BCUT2D eigenvalue weighted by Gasteiger charge is 2.20. The van der Waals surface area contributed by atoms with E-state index in [-0.39, 0.29) is 0 Å². The van der Waals surface area contributed by atoms with Gasteiger partial charge >= 0.3 is 0 Å². The van der Waals surface area contributed by atoms with Gasteiger partial charge in [0, 0.05) is 79.3 Å². The lowest BCUT2D eigenvalue weighted by Crippen LogP contribution is -1.93. The van der Waals surface area contributed by atoms with Crippen molar-refractivity contribution in [1.29, 1.82) is 0 Å². The van der Waals surface area contributed by atoms with Crippen LogP contribution in [0.15, 0.2) is 143 Å². The molecule has 0 N–H and O–H groups in total. The number of hydrogen-bond acceptors (Lipinski definition) is 4. The SMILES string of the molecule is c1ccc2c(c1)c1cnccc1n2-c1ccc2oc3ccc4oc5ccc(-n6c7ccccc7c7cnccc76)cc5c4c3c2c1. The molecule has 0 aliphatic carbocycles. The monoisotopic (exact) mass is 590 g/mol. The summed E-state index contributed by atoms with van der Waals surface area (Å²) in [5.74, 6) is 0. The number of benzene rings is 5. The Morgan fingerprint density at radius 1 is 0.391 bits per heavy atom. The summed E-state index contributed by atoms with van der Waals surface area (Å²) >= 11 is 0. The van der Waals surface area contributed by atoms with Crippen molar-refractivity contribution < 1.29 is 8.83 Å². The van der Waals surface area contributed by atoms with Crippen LogP contribution in [0.4, 0.5) is 0 Å². The Hall–Kier alpha value is -6.40. The van der Waals surface area contributed by atoms with Gasteiger partial charge in [0.1, 0.15) is 22.3 Å². The molecule has 0 spiro atoms. The molecule has 6 heterocycles. The van der Waals surface area contributed by atoms with E-state index in [0.29, 0.717) is 0 Å². The molecule has 214 valence electrons. The molecule has 0 aliphatic heterocycles. The Morgan fingerprint density at radius 2 is 0.826 bits per heavy atom. The Balaban J connectivity index is 1.22. The molecule has 11 aromatic rings. The Bertz CT molecular complexity index is 2730. The lowest BCUT2D eigenvalue weighted by Gasteiger charge is -2.08. The Morgan fingerprint density at radius 3 is 1.33 bits per heavy atom. The van der Waals surface area contributed by atoms with Crippen LogP contribution in [0.2, 0.25) is 0 Å². The van der Waals surface area contributed by atoms with Crippen molar-refractivity contribution in [3.63, 3.8) is 0 Å². The summed E-state index contributed by atoms with van der Waals surface area (Å²) < 4.78 is 17.6. The summed E-state index contributed by atoms with van der Waals surface area (Å²) in [6, 6.07) is 38.1. The second-order valence-electron chi connectivity index (χ2n) is 11.9. The van der Waals surface area contributed by atoms with Crippen molar-refractivity contribution in [2.45, 2.75) is 0 Å². The molecule has 46 heavy (non-hydrogen) atoms. The van der Waals surface area contributed by atoms with Crippen LogP contribution in [0.5, 0.6) is 0 Å². The van der Waals surface area contributed by atoms with E-state index in [1.807, 2.05) is 36.9 Å². The molecule has 6 heteroatoms. The summed E-state index contributed by atoms with van der Waals surface area (Å²) in [6.45, 7) is 0. The Labute approximate surface area is 260 Å². The van der Waals surface area contributed by atoms with E-state index in [1.54, 1.807) is 0 Å². The molecule has 0 atom stereocenters. The molecule has 0 fully saturated rings. The smallest absolute Gasteiger partial charge is 0.136 e. The average molecular weight is 591 g/mol. The predicted octanol–water partition coefficient (Wildman–Crippen LogP) is 10.5. The van der Waals surface area contributed by atoms with Crippen LogP contribution in [0.3, 0.4) is 0 Å². The molecule has 6 nitrogen and oxygen atoms in total. The molecule has 0 saturated heterocycles. The summed E-state index contributed by atoms with van der Waals surface area (Å²) in [4.78, 5) is 8.85. The van der Waals surface area contributed by atoms with Crippen molar-refractivity contribution in [2.75, 3.05) is 0 Å². The van der Waals surface area contributed by atoms with Gasteiger partial charge in [-0.1, -0.05) is 36.4 Å². The first kappa shape index (κ1) is 24.0. The predicted molar refractivity (Wildman–Crippen MR) is 185 cm³/mol. The topological polar surface area (TPSA) is 61.9 Å². The first-order chi connectivity index (χ1) is 22.8. The normalized spacial score (nSPS) is 12.3. The van der Waals surface area contributed by atoms with E-state index in [9.17, 15) is 0 Å². The van der Waals surface area contributed by atoms with E-state index in [0.717, 1.165) is 88.1 Å². The maximum absolute atomic E-state index is 6.47. The third kappa shape index (κ3) is 3.05. The van der Waals surface area contributed by atoms with E-state index in [4.69, 9.17) is 8.83 Å². The van der Waals surface area contributed by atoms with Crippen molar-refractivity contribution in [3.8, 4) is 11.4 Å². The number of rotatable bonds is 2. The highest BCUT2D eigenvalue weighted by Crippen LogP contribution is 2.42. The molecule has 0 saturated carbocycles. The number of fused-ring (bicyclic) bond motifs is 13. The fourth-order valence-corrected chi connectivity index (χ4v) is 7.58. The first-order valence-electron chi connectivity index (χ1n) is 15.3. The first-order valence-corrected chi connectivity index (χ1v) is 15.3. The number of furan rings is 2. The van der Waals surface area contributed by atoms with Crippen LogP contribution in [0.1, 0.15) is 0 Å². The number of nitrogens with zero attached hydrogens (tertiary/aromatic N) is 4. The minimum Gasteiger partial charge on any atom is -0.456 e. The maximum Gasteiger partial charge on any atom is 0.136 e. The lowest BCUT2D eigenvalue weighted by molar-refractivity contribution is 0.663. The number of aromatic nitrogens is 4. The second kappa shape index (κ2) is 8.61. The molecule has 6 aromatic heterocycles. The molecule has 0 unspecified atom stereocenters. The number of pyridine rings is 2. The van der Waals surface area contributed by atoms with Crippen molar-refractivity contribution in [1.82, 2.24) is 19.1 Å². The average Bonchev–Trinajstić information content (AvgIpc) is 3.85. The molecule has 0 aliphatic rings. The van der Waals surface area contributed by atoms with Crippen LogP contribution < -0.4 is 0 Å². The minimum atomic E-state index is 0.835. The van der Waals surface area contributed by atoms with Gasteiger partial charge in [-0.2, -0.15) is 0 Å². The van der Waals surface area contributed by atoms with Gasteiger partial charge in [-0.05, 0) is 72.8 Å². The van der Waals surface area contributed by atoms with Crippen molar-refractivity contribution in [2.24, 2.45) is 0 Å². The van der Waals surface area contributed by atoms with Gasteiger partial charge in [-0.25, -0.2) is 0 Å². The van der Waals surface area contributed by atoms with Gasteiger partial charge < -0.3 is 18.0 Å². The van der Waals surface area contributed by atoms with E-state index in [2.05, 4.69) is 116 Å². The summed E-state index contributed by atoms with van der Waals surface area (Å²) in [5, 5.41) is 8.83. The van der Waals surface area contributed by atoms with Crippen LogP contribution in [-0.4, -0.2) is 19.1 Å². The number of hydrogen-bond donors (Lipinski definition) is 0. The van der Waals surface area contributed by atoms with Crippen LogP contribution in [0, 0.1) is 0 Å². The van der Waals surface area contributed by atoms with E-state index in [1.165, 1.54) is 10.8 Å². The van der Waals surface area contributed by atoms with Crippen molar-refractivity contribution in [3.05, 3.63) is 134 Å². The quantitative estimate of drug-likeness (QED) is 0.201. The maximum atomic E-state index is 6.47. The van der Waals surface area contributed by atoms with Gasteiger partial charge in [-0.3, -0.25) is 9.97 Å². The zero-order valence-electron chi connectivity index (χ0n) is 24.3. The molecular formula is C40H22N4O2. The molecular weight excluding hydrogens is 568 g/mol. The molecule has 11 rings (SSSR count). The molecule has 5 aromatic carbocycles. The summed E-state index contributed by atoms with van der Waals surface area (Å²) in [5.41, 5.74) is 10.0. The minimum absolute atomic E-state index is 0.835. The van der Waals surface area contributed by atoms with Gasteiger partial charge in [0.25, 0.3) is 0 Å². The standard InChI is InChI=1S/C40H22N4O2/c1-3-7-31-25(5-1)29-21-41-17-15-33(29)43(31)23-9-11-35-27(19-23)39-37(45-35)13-14-38-40(39)28-20-24(10-12-36(28)46-38)44-32-8-4-2-6-26(32)30-22-42-18-16-34(30)44/h1-22H. The zero-order valence-corrected chi connectivity index (χ0v) is 24.3. The molecule has 0 bridgehead atoms. The lowest BCUT2D eigenvalue weighted by atomic mass is 10.0. The van der Waals surface area contributed by atoms with E-state index >= 15 is 0 Å². The second-order valence-corrected chi connectivity index (χ2v) is 11.9. The highest BCUT2D eigenvalue weighted by atomic mass is 16.3. The molecule has 0 amide bonds. The van der Waals surface area contributed by atoms with Gasteiger partial charge in [0.05, 0.1) is 22.1 Å². The summed E-state index contributed by atoms with van der Waals surface area (Å²) in [7, 11) is 0. The number of para-hydroxylation sites is 2. The highest BCUT2D eigenvalue weighted by molar-refractivity contribution is 6.26. The van der Waals surface area contributed by atoms with Gasteiger partial charge in [0.2, 0.25) is 0 Å². The van der Waals surface area contributed by atoms with Crippen molar-refractivity contribution >= 4 is 87.5 Å². The van der Waals surface area contributed by atoms with Gasteiger partial charge in [0.15, 0.2) is 0 Å². The van der Waals surface area contributed by atoms with Crippen LogP contribution >= 0.6 is 0 Å². The van der Waals surface area contributed by atoms with E-state index < -0.39 is 0 Å². The fourth-order valence-electron chi connectivity index (χ4n) is 7.58. The fraction of sp³-hybridized carbons (Fsp3) is 0. The van der Waals surface area contributed by atoms with Crippen LogP contribution in [-0.2, 0) is 0 Å². The third-order valence-electron chi connectivity index (χ3n) is 9.50. The van der Waals surface area contributed by atoms with Gasteiger partial charge in [-0.15, -0.1) is 0 Å². The van der Waals surface area contributed by atoms with Crippen LogP contribution in [0.25, 0.3) is 98.9 Å². The third-order valence-corrected chi connectivity index (χ3v) is 9.50. The Kier molecular flexibility index (Phi) is 4.49.